The van der Waals surface area contributed by atoms with Gasteiger partial charge in [0.15, 0.2) is 0 Å². The Bertz CT molecular complexity index is 488. The average Bonchev–Trinajstić information content (AvgIpc) is 3.45. The van der Waals surface area contributed by atoms with Gasteiger partial charge < -0.3 is 18.9 Å². The van der Waals surface area contributed by atoms with Gasteiger partial charge in [0.2, 0.25) is 0 Å². The zero-order valence-electron chi connectivity index (χ0n) is 15.0. The summed E-state index contributed by atoms with van der Waals surface area (Å²) in [6.07, 6.45) is 5.26. The van der Waals surface area contributed by atoms with Crippen LogP contribution in [-0.2, 0) is 28.5 Å². The molecule has 2 aliphatic carbocycles. The lowest BCUT2D eigenvalue weighted by Gasteiger charge is -2.26. The number of fused-ring (bicyclic) bond motifs is 2. The van der Waals surface area contributed by atoms with E-state index in [0.717, 1.165) is 25.7 Å². The van der Waals surface area contributed by atoms with Crippen molar-refractivity contribution in [2.24, 2.45) is 23.7 Å². The Labute approximate surface area is 148 Å². The van der Waals surface area contributed by atoms with Gasteiger partial charge in [-0.25, -0.2) is 0 Å². The predicted octanol–water partition coefficient (Wildman–Crippen LogP) is 2.09. The second kappa shape index (κ2) is 6.88. The lowest BCUT2D eigenvalue weighted by molar-refractivity contribution is -0.156. The molecule has 8 atom stereocenters. The first-order chi connectivity index (χ1) is 12.0. The summed E-state index contributed by atoms with van der Waals surface area (Å²) in [4.78, 5) is 23.8. The predicted molar refractivity (Wildman–Crippen MR) is 87.6 cm³/mol. The van der Waals surface area contributed by atoms with Crippen LogP contribution in [0.15, 0.2) is 0 Å². The third-order valence-corrected chi connectivity index (χ3v) is 6.47. The van der Waals surface area contributed by atoms with E-state index in [1.165, 1.54) is 0 Å². The van der Waals surface area contributed by atoms with Crippen LogP contribution in [0.1, 0.15) is 46.0 Å². The van der Waals surface area contributed by atoms with Gasteiger partial charge in [0.1, 0.15) is 6.42 Å². The standard InChI is InChI=1S/C19H28O6/c1-10-3-14-16(24-14)5-12(10)8-22-18(20)7-19(21)23-9-13-6-17-15(25-17)4-11(13)2/h10-17H,3-9H2,1-2H3. The molecule has 6 heteroatoms. The van der Waals surface area contributed by atoms with E-state index in [0.29, 0.717) is 61.3 Å². The highest BCUT2D eigenvalue weighted by molar-refractivity contribution is 5.91. The van der Waals surface area contributed by atoms with Gasteiger partial charge in [-0.05, 0) is 49.4 Å². The monoisotopic (exact) mass is 352 g/mol. The van der Waals surface area contributed by atoms with Gasteiger partial charge in [-0.1, -0.05) is 13.8 Å². The molecule has 4 aliphatic rings. The summed E-state index contributed by atoms with van der Waals surface area (Å²) in [5.41, 5.74) is 0. The molecule has 8 unspecified atom stereocenters. The molecule has 0 aromatic heterocycles. The molecule has 0 spiro atoms. The van der Waals surface area contributed by atoms with Crippen LogP contribution in [0, 0.1) is 23.7 Å². The number of ether oxygens (including phenoxy) is 4. The van der Waals surface area contributed by atoms with Crippen LogP contribution in [0.5, 0.6) is 0 Å². The second-order valence-electron chi connectivity index (χ2n) is 8.39. The summed E-state index contributed by atoms with van der Waals surface area (Å²) in [6, 6.07) is 0. The minimum atomic E-state index is -0.488. The van der Waals surface area contributed by atoms with Gasteiger partial charge in [-0.3, -0.25) is 9.59 Å². The molecule has 0 aromatic rings. The number of carbonyl (C=O) groups excluding carboxylic acids is 2. The van der Waals surface area contributed by atoms with Crippen molar-refractivity contribution >= 4 is 11.9 Å². The van der Waals surface area contributed by atoms with Gasteiger partial charge in [0, 0.05) is 0 Å². The quantitative estimate of drug-likeness (QED) is 0.414. The SMILES string of the molecule is CC1CC2OC2CC1COC(=O)CC(=O)OCC1CC2OC2CC1C. The highest BCUT2D eigenvalue weighted by atomic mass is 16.6. The molecule has 0 radical (unpaired) electrons. The zero-order chi connectivity index (χ0) is 17.6. The minimum absolute atomic E-state index is 0.298. The molecule has 4 fully saturated rings. The van der Waals surface area contributed by atoms with E-state index in [9.17, 15) is 9.59 Å². The Morgan fingerprint density at radius 2 is 1.16 bits per heavy atom. The average molecular weight is 352 g/mol. The number of esters is 2. The van der Waals surface area contributed by atoms with Crippen molar-refractivity contribution in [2.45, 2.75) is 70.4 Å². The maximum atomic E-state index is 11.9. The second-order valence-corrected chi connectivity index (χ2v) is 8.39. The first-order valence-electron chi connectivity index (χ1n) is 9.61. The van der Waals surface area contributed by atoms with E-state index in [1.807, 2.05) is 0 Å². The largest absolute Gasteiger partial charge is 0.465 e. The summed E-state index contributed by atoms with van der Waals surface area (Å²) in [6.45, 7) is 5.09. The molecular formula is C19H28O6. The fraction of sp³-hybridized carbons (Fsp3) is 0.895. The Morgan fingerprint density at radius 3 is 1.60 bits per heavy atom. The highest BCUT2D eigenvalue weighted by Crippen LogP contribution is 2.43. The molecule has 25 heavy (non-hydrogen) atoms. The van der Waals surface area contributed by atoms with Crippen LogP contribution < -0.4 is 0 Å². The Morgan fingerprint density at radius 1 is 0.760 bits per heavy atom. The van der Waals surface area contributed by atoms with Crippen molar-refractivity contribution in [3.63, 3.8) is 0 Å². The first-order valence-corrected chi connectivity index (χ1v) is 9.61. The van der Waals surface area contributed by atoms with Crippen molar-refractivity contribution in [1.82, 2.24) is 0 Å². The number of carbonyl (C=O) groups is 2. The molecule has 4 rings (SSSR count). The summed E-state index contributed by atoms with van der Waals surface area (Å²) in [7, 11) is 0. The maximum absolute atomic E-state index is 11.9. The molecule has 2 saturated heterocycles. The van der Waals surface area contributed by atoms with Gasteiger partial charge in [-0.15, -0.1) is 0 Å². The third kappa shape index (κ3) is 4.17. The van der Waals surface area contributed by atoms with Crippen LogP contribution in [0.4, 0.5) is 0 Å². The first kappa shape index (κ1) is 17.3. The zero-order valence-corrected chi connectivity index (χ0v) is 15.0. The third-order valence-electron chi connectivity index (χ3n) is 6.47. The fourth-order valence-corrected chi connectivity index (χ4v) is 4.45. The lowest BCUT2D eigenvalue weighted by Crippen LogP contribution is -2.29. The Balaban J connectivity index is 1.13. The molecule has 140 valence electrons. The molecule has 0 aromatic carbocycles. The van der Waals surface area contributed by atoms with Crippen molar-refractivity contribution < 1.29 is 28.5 Å². The molecule has 0 bridgehead atoms. The van der Waals surface area contributed by atoms with E-state index < -0.39 is 11.9 Å². The van der Waals surface area contributed by atoms with Crippen molar-refractivity contribution in [2.75, 3.05) is 13.2 Å². The topological polar surface area (TPSA) is 77.7 Å². The Hall–Kier alpha value is -1.14. The minimum Gasteiger partial charge on any atom is -0.465 e. The molecule has 6 nitrogen and oxygen atoms in total. The maximum Gasteiger partial charge on any atom is 0.317 e. The smallest absolute Gasteiger partial charge is 0.317 e. The Kier molecular flexibility index (Phi) is 4.75. The van der Waals surface area contributed by atoms with Crippen molar-refractivity contribution in [3.05, 3.63) is 0 Å². The summed E-state index contributed by atoms with van der Waals surface area (Å²) in [5.74, 6) is 0.669. The molecule has 2 aliphatic heterocycles. The number of epoxide rings is 2. The number of hydrogen-bond acceptors (Lipinski definition) is 6. The molecule has 0 N–H and O–H groups in total. The van der Waals surface area contributed by atoms with Gasteiger partial charge in [-0.2, -0.15) is 0 Å². The summed E-state index contributed by atoms with van der Waals surface area (Å²) >= 11 is 0. The highest BCUT2D eigenvalue weighted by Gasteiger charge is 2.48. The van der Waals surface area contributed by atoms with Crippen molar-refractivity contribution in [1.29, 1.82) is 0 Å². The molecular weight excluding hydrogens is 324 g/mol. The van der Waals surface area contributed by atoms with Gasteiger partial charge >= 0.3 is 11.9 Å². The van der Waals surface area contributed by atoms with E-state index in [4.69, 9.17) is 18.9 Å². The lowest BCUT2D eigenvalue weighted by atomic mass is 9.81. The van der Waals surface area contributed by atoms with Gasteiger partial charge in [0.05, 0.1) is 37.6 Å². The van der Waals surface area contributed by atoms with E-state index in [-0.39, 0.29) is 6.42 Å². The normalized spacial score (nSPS) is 44.2. The van der Waals surface area contributed by atoms with Crippen LogP contribution in [0.2, 0.25) is 0 Å². The van der Waals surface area contributed by atoms with Crippen LogP contribution in [0.25, 0.3) is 0 Å². The van der Waals surface area contributed by atoms with Crippen molar-refractivity contribution in [3.8, 4) is 0 Å². The summed E-state index contributed by atoms with van der Waals surface area (Å²) in [5, 5.41) is 0. The van der Waals surface area contributed by atoms with Gasteiger partial charge in [0.25, 0.3) is 0 Å². The van der Waals surface area contributed by atoms with Crippen LogP contribution >= 0.6 is 0 Å². The van der Waals surface area contributed by atoms with Crippen LogP contribution in [-0.4, -0.2) is 49.6 Å². The summed E-state index contributed by atoms with van der Waals surface area (Å²) < 4.78 is 21.7. The molecule has 0 amide bonds. The number of hydrogen-bond donors (Lipinski definition) is 0. The molecule has 2 heterocycles. The van der Waals surface area contributed by atoms with E-state index >= 15 is 0 Å². The fourth-order valence-electron chi connectivity index (χ4n) is 4.45. The van der Waals surface area contributed by atoms with E-state index in [2.05, 4.69) is 13.8 Å². The van der Waals surface area contributed by atoms with Crippen LogP contribution in [0.3, 0.4) is 0 Å². The van der Waals surface area contributed by atoms with E-state index in [1.54, 1.807) is 0 Å². The molecule has 2 saturated carbocycles. The number of rotatable bonds is 6.